The van der Waals surface area contributed by atoms with E-state index in [2.05, 4.69) is 10.0 Å². The second-order valence-corrected chi connectivity index (χ2v) is 6.37. The Labute approximate surface area is 97.2 Å². The molecule has 1 heterocycles. The molecule has 0 aromatic carbocycles. The summed E-state index contributed by atoms with van der Waals surface area (Å²) in [5.41, 5.74) is 0. The predicted octanol–water partition coefficient (Wildman–Crippen LogP) is -1.26. The molecular formula is C9H21N3O3S. The lowest BCUT2D eigenvalue weighted by Gasteiger charge is -2.26. The van der Waals surface area contributed by atoms with Gasteiger partial charge in [-0.1, -0.05) is 13.8 Å². The molecular weight excluding hydrogens is 230 g/mol. The summed E-state index contributed by atoms with van der Waals surface area (Å²) in [5, 5.41) is 12.6. The minimum absolute atomic E-state index is 0.259. The molecule has 0 aromatic rings. The van der Waals surface area contributed by atoms with E-state index in [1.807, 2.05) is 13.8 Å². The van der Waals surface area contributed by atoms with E-state index >= 15 is 0 Å². The fraction of sp³-hybridized carbons (Fsp3) is 1.00. The van der Waals surface area contributed by atoms with Gasteiger partial charge in [-0.2, -0.15) is 12.7 Å². The Morgan fingerprint density at radius 3 is 2.56 bits per heavy atom. The van der Waals surface area contributed by atoms with Gasteiger partial charge < -0.3 is 10.4 Å². The van der Waals surface area contributed by atoms with Crippen molar-refractivity contribution >= 4 is 10.2 Å². The van der Waals surface area contributed by atoms with Gasteiger partial charge in [-0.25, -0.2) is 4.72 Å². The number of aliphatic hydroxyl groups excluding tert-OH is 1. The Bertz CT molecular complexity index is 318. The summed E-state index contributed by atoms with van der Waals surface area (Å²) < 4.78 is 27.4. The van der Waals surface area contributed by atoms with E-state index in [-0.39, 0.29) is 12.0 Å². The van der Waals surface area contributed by atoms with Crippen molar-refractivity contribution in [2.75, 3.05) is 26.7 Å². The molecule has 0 aromatic heterocycles. The lowest BCUT2D eigenvalue weighted by Crippen LogP contribution is -2.49. The highest BCUT2D eigenvalue weighted by Gasteiger charge is 2.34. The van der Waals surface area contributed by atoms with E-state index in [4.69, 9.17) is 0 Å². The Balaban J connectivity index is 2.60. The first-order chi connectivity index (χ1) is 7.34. The number of β-amino-alcohol motifs (C(OH)–C–C–N with tert-alkyl or cyclic N) is 1. The van der Waals surface area contributed by atoms with Gasteiger partial charge in [0.2, 0.25) is 0 Å². The van der Waals surface area contributed by atoms with Crippen LogP contribution in [0, 0.1) is 5.92 Å². The van der Waals surface area contributed by atoms with Gasteiger partial charge in [0.15, 0.2) is 0 Å². The zero-order valence-corrected chi connectivity index (χ0v) is 10.8. The zero-order chi connectivity index (χ0) is 12.3. The highest BCUT2D eigenvalue weighted by atomic mass is 32.2. The van der Waals surface area contributed by atoms with Crippen LogP contribution in [-0.2, 0) is 10.2 Å². The van der Waals surface area contributed by atoms with Crippen molar-refractivity contribution in [3.63, 3.8) is 0 Å². The maximum atomic E-state index is 11.8. The Morgan fingerprint density at radius 2 is 2.12 bits per heavy atom. The smallest absolute Gasteiger partial charge is 0.279 e. The van der Waals surface area contributed by atoms with E-state index < -0.39 is 16.3 Å². The number of aliphatic hydroxyl groups is 1. The Morgan fingerprint density at radius 1 is 1.50 bits per heavy atom. The molecule has 0 saturated carbocycles. The second kappa shape index (κ2) is 5.42. The monoisotopic (exact) mass is 251 g/mol. The normalized spacial score (nSPS) is 26.9. The van der Waals surface area contributed by atoms with E-state index in [0.29, 0.717) is 19.6 Å². The van der Waals surface area contributed by atoms with E-state index in [0.717, 1.165) is 0 Å². The molecule has 96 valence electrons. The van der Waals surface area contributed by atoms with Gasteiger partial charge in [0.05, 0.1) is 12.1 Å². The SMILES string of the molecule is CC(C)CNS(=O)(=O)N(C)[C@H]1CNC[C@@H]1O. The molecule has 0 amide bonds. The molecule has 1 aliphatic heterocycles. The molecule has 16 heavy (non-hydrogen) atoms. The highest BCUT2D eigenvalue weighted by molar-refractivity contribution is 7.87. The Hall–Kier alpha value is -0.210. The van der Waals surface area contributed by atoms with Gasteiger partial charge in [0.1, 0.15) is 0 Å². The average molecular weight is 251 g/mol. The molecule has 3 N–H and O–H groups in total. The van der Waals surface area contributed by atoms with Crippen LogP contribution in [0.5, 0.6) is 0 Å². The van der Waals surface area contributed by atoms with Crippen LogP contribution in [0.2, 0.25) is 0 Å². The molecule has 2 atom stereocenters. The fourth-order valence-electron chi connectivity index (χ4n) is 1.57. The molecule has 1 fully saturated rings. The van der Waals surface area contributed by atoms with E-state index in [1.165, 1.54) is 11.4 Å². The molecule has 0 unspecified atom stereocenters. The first-order valence-electron chi connectivity index (χ1n) is 5.46. The van der Waals surface area contributed by atoms with Crippen molar-refractivity contribution < 1.29 is 13.5 Å². The Kier molecular flexibility index (Phi) is 4.69. The molecule has 1 aliphatic rings. The lowest BCUT2D eigenvalue weighted by atomic mass is 10.2. The van der Waals surface area contributed by atoms with Gasteiger partial charge in [-0.05, 0) is 5.92 Å². The van der Waals surface area contributed by atoms with Crippen LogP contribution in [0.15, 0.2) is 0 Å². The third kappa shape index (κ3) is 3.39. The first-order valence-corrected chi connectivity index (χ1v) is 6.90. The number of likely N-dealkylation sites (N-methyl/N-ethyl adjacent to an activating group) is 1. The fourth-order valence-corrected chi connectivity index (χ4v) is 2.89. The van der Waals surface area contributed by atoms with E-state index in [9.17, 15) is 13.5 Å². The summed E-state index contributed by atoms with van der Waals surface area (Å²) in [6, 6.07) is -0.385. The summed E-state index contributed by atoms with van der Waals surface area (Å²) >= 11 is 0. The van der Waals surface area contributed by atoms with Crippen LogP contribution in [0.4, 0.5) is 0 Å². The van der Waals surface area contributed by atoms with Crippen molar-refractivity contribution in [2.45, 2.75) is 26.0 Å². The van der Waals surface area contributed by atoms with Crippen molar-refractivity contribution in [3.8, 4) is 0 Å². The molecule has 0 spiro atoms. The third-order valence-electron chi connectivity index (χ3n) is 2.67. The number of hydrogen-bond donors (Lipinski definition) is 3. The lowest BCUT2D eigenvalue weighted by molar-refractivity contribution is 0.135. The molecule has 1 rings (SSSR count). The number of nitrogens with one attached hydrogen (secondary N) is 2. The van der Waals surface area contributed by atoms with E-state index in [1.54, 1.807) is 0 Å². The summed E-state index contributed by atoms with van der Waals surface area (Å²) in [4.78, 5) is 0. The predicted molar refractivity (Wildman–Crippen MR) is 62.2 cm³/mol. The topological polar surface area (TPSA) is 81.7 Å². The van der Waals surface area contributed by atoms with Crippen LogP contribution < -0.4 is 10.0 Å². The molecule has 1 saturated heterocycles. The largest absolute Gasteiger partial charge is 0.390 e. The average Bonchev–Trinajstić information content (AvgIpc) is 2.60. The van der Waals surface area contributed by atoms with Crippen LogP contribution in [0.1, 0.15) is 13.8 Å². The van der Waals surface area contributed by atoms with Crippen LogP contribution in [0.3, 0.4) is 0 Å². The quantitative estimate of drug-likeness (QED) is 0.570. The first kappa shape index (κ1) is 13.9. The molecule has 7 heteroatoms. The third-order valence-corrected chi connectivity index (χ3v) is 4.23. The van der Waals surface area contributed by atoms with Crippen LogP contribution in [0.25, 0.3) is 0 Å². The minimum Gasteiger partial charge on any atom is -0.390 e. The number of hydrogen-bond acceptors (Lipinski definition) is 4. The maximum absolute atomic E-state index is 11.8. The molecule has 0 radical (unpaired) electrons. The summed E-state index contributed by atoms with van der Waals surface area (Å²) in [7, 11) is -2.00. The van der Waals surface area contributed by atoms with Crippen molar-refractivity contribution in [1.29, 1.82) is 0 Å². The second-order valence-electron chi connectivity index (χ2n) is 4.56. The maximum Gasteiger partial charge on any atom is 0.279 e. The number of rotatable bonds is 5. The van der Waals surface area contributed by atoms with Crippen molar-refractivity contribution in [2.24, 2.45) is 5.92 Å². The van der Waals surface area contributed by atoms with Crippen molar-refractivity contribution in [3.05, 3.63) is 0 Å². The molecule has 0 aliphatic carbocycles. The minimum atomic E-state index is -3.49. The summed E-state index contributed by atoms with van der Waals surface area (Å²) in [6.07, 6.45) is -0.638. The summed E-state index contributed by atoms with van der Waals surface area (Å²) in [5.74, 6) is 0.259. The highest BCUT2D eigenvalue weighted by Crippen LogP contribution is 2.10. The standard InChI is InChI=1S/C9H21N3O3S/c1-7(2)4-11-16(14,15)12(3)8-5-10-6-9(8)13/h7-11,13H,4-6H2,1-3H3/t8-,9-/m0/s1. The number of nitrogens with zero attached hydrogens (tertiary/aromatic N) is 1. The van der Waals surface area contributed by atoms with Gasteiger partial charge in [-0.15, -0.1) is 0 Å². The van der Waals surface area contributed by atoms with Gasteiger partial charge in [0, 0.05) is 26.7 Å². The van der Waals surface area contributed by atoms with Gasteiger partial charge >= 0.3 is 0 Å². The van der Waals surface area contributed by atoms with Crippen LogP contribution in [-0.4, -0.2) is 56.7 Å². The molecule has 0 bridgehead atoms. The summed E-state index contributed by atoms with van der Waals surface area (Å²) in [6.45, 7) is 5.21. The molecule has 6 nitrogen and oxygen atoms in total. The van der Waals surface area contributed by atoms with Gasteiger partial charge in [0.25, 0.3) is 10.2 Å². The van der Waals surface area contributed by atoms with Crippen molar-refractivity contribution in [1.82, 2.24) is 14.3 Å². The van der Waals surface area contributed by atoms with Gasteiger partial charge in [-0.3, -0.25) is 0 Å². The zero-order valence-electron chi connectivity index (χ0n) is 9.97. The van der Waals surface area contributed by atoms with Crippen LogP contribution >= 0.6 is 0 Å².